The molecule has 0 spiro atoms. The molecule has 1 atom stereocenters. The van der Waals surface area contributed by atoms with Crippen LogP contribution in [0.4, 0.5) is 5.69 Å². The minimum atomic E-state index is -0.846. The molecule has 0 saturated heterocycles. The molecule has 4 heteroatoms. The molecule has 0 amide bonds. The molecule has 2 N–H and O–H groups in total. The first kappa shape index (κ1) is 10.1. The van der Waals surface area contributed by atoms with Gasteiger partial charge in [0.1, 0.15) is 5.75 Å². The number of anilines is 1. The van der Waals surface area contributed by atoms with Crippen molar-refractivity contribution >= 4 is 16.5 Å². The molecule has 0 aromatic heterocycles. The Kier molecular flexibility index (Phi) is 3.31. The molecule has 13 heavy (non-hydrogen) atoms. The Morgan fingerprint density at radius 1 is 1.46 bits per heavy atom. The summed E-state index contributed by atoms with van der Waals surface area (Å²) in [7, 11) is 0.739. The van der Waals surface area contributed by atoms with E-state index in [9.17, 15) is 4.21 Å². The number of hydrogen-bond acceptors (Lipinski definition) is 3. The van der Waals surface area contributed by atoms with Crippen molar-refractivity contribution in [1.82, 2.24) is 0 Å². The van der Waals surface area contributed by atoms with Gasteiger partial charge in [-0.2, -0.15) is 0 Å². The van der Waals surface area contributed by atoms with Crippen LogP contribution in [0.1, 0.15) is 5.56 Å². The molecule has 1 aromatic rings. The highest BCUT2D eigenvalue weighted by Gasteiger charge is 2.00. The van der Waals surface area contributed by atoms with Crippen molar-refractivity contribution in [2.45, 2.75) is 5.75 Å². The number of benzene rings is 1. The fourth-order valence-electron chi connectivity index (χ4n) is 1.12. The van der Waals surface area contributed by atoms with Crippen molar-refractivity contribution in [2.75, 3.05) is 19.1 Å². The summed E-state index contributed by atoms with van der Waals surface area (Å²) >= 11 is 0. The number of nitrogen functional groups attached to an aromatic ring is 1. The Hall–Kier alpha value is -1.03. The molecule has 1 rings (SSSR count). The van der Waals surface area contributed by atoms with Crippen LogP contribution in [-0.2, 0) is 16.6 Å². The van der Waals surface area contributed by atoms with E-state index >= 15 is 0 Å². The van der Waals surface area contributed by atoms with Gasteiger partial charge in [0, 0.05) is 34.6 Å². The molecule has 3 nitrogen and oxygen atoms in total. The van der Waals surface area contributed by atoms with Gasteiger partial charge in [-0.05, 0) is 17.7 Å². The summed E-state index contributed by atoms with van der Waals surface area (Å²) in [5.41, 5.74) is 7.21. The quantitative estimate of drug-likeness (QED) is 0.743. The average Bonchev–Trinajstić information content (AvgIpc) is 2.01. The third kappa shape index (κ3) is 3.06. The van der Waals surface area contributed by atoms with E-state index in [4.69, 9.17) is 10.5 Å². The summed E-state index contributed by atoms with van der Waals surface area (Å²) in [5, 5.41) is 0. The van der Waals surface area contributed by atoms with E-state index < -0.39 is 10.8 Å². The van der Waals surface area contributed by atoms with Crippen molar-refractivity contribution in [3.05, 3.63) is 23.8 Å². The van der Waals surface area contributed by atoms with E-state index in [1.54, 1.807) is 19.4 Å². The molecule has 0 fully saturated rings. The van der Waals surface area contributed by atoms with Crippen LogP contribution in [0.2, 0.25) is 0 Å². The maximum Gasteiger partial charge on any atom is 0.121 e. The largest absolute Gasteiger partial charge is 0.497 e. The first-order valence-corrected chi connectivity index (χ1v) is 5.58. The highest BCUT2D eigenvalue weighted by molar-refractivity contribution is 7.83. The molecular weight excluding hydrogens is 186 g/mol. The molecule has 72 valence electrons. The summed E-state index contributed by atoms with van der Waals surface area (Å²) in [4.78, 5) is 0. The third-order valence-corrected chi connectivity index (χ3v) is 2.33. The van der Waals surface area contributed by atoms with Gasteiger partial charge in [-0.25, -0.2) is 0 Å². The lowest BCUT2D eigenvalue weighted by molar-refractivity contribution is 0.414. The monoisotopic (exact) mass is 199 g/mol. The maximum atomic E-state index is 11.0. The lowest BCUT2D eigenvalue weighted by Gasteiger charge is -2.04. The van der Waals surface area contributed by atoms with Crippen molar-refractivity contribution < 1.29 is 8.95 Å². The summed E-state index contributed by atoms with van der Waals surface area (Å²) < 4.78 is 16.0. The van der Waals surface area contributed by atoms with Gasteiger partial charge in [-0.1, -0.05) is 0 Å². The topological polar surface area (TPSA) is 52.3 Å². The lowest BCUT2D eigenvalue weighted by atomic mass is 10.2. The van der Waals surface area contributed by atoms with Crippen LogP contribution in [0.25, 0.3) is 0 Å². The van der Waals surface area contributed by atoms with Crippen LogP contribution in [0.15, 0.2) is 18.2 Å². The molecule has 0 aliphatic heterocycles. The summed E-state index contributed by atoms with van der Waals surface area (Å²) in [5.74, 6) is 1.22. The molecule has 1 unspecified atom stereocenters. The van der Waals surface area contributed by atoms with Gasteiger partial charge in [0.15, 0.2) is 0 Å². The van der Waals surface area contributed by atoms with Crippen LogP contribution in [-0.4, -0.2) is 17.6 Å². The number of hydrogen-bond donors (Lipinski definition) is 1. The Labute approximate surface area is 80.4 Å². The van der Waals surface area contributed by atoms with Gasteiger partial charge in [-0.3, -0.25) is 4.21 Å². The highest BCUT2D eigenvalue weighted by atomic mass is 32.2. The van der Waals surface area contributed by atoms with Crippen molar-refractivity contribution in [3.63, 3.8) is 0 Å². The second-order valence-electron chi connectivity index (χ2n) is 2.83. The van der Waals surface area contributed by atoms with Crippen LogP contribution >= 0.6 is 0 Å². The van der Waals surface area contributed by atoms with Crippen molar-refractivity contribution in [1.29, 1.82) is 0 Å². The molecule has 0 aliphatic rings. The van der Waals surface area contributed by atoms with E-state index in [1.807, 2.05) is 12.1 Å². The molecule has 0 heterocycles. The summed E-state index contributed by atoms with van der Waals surface area (Å²) in [6.07, 6.45) is 1.66. The SMILES string of the molecule is COc1cc(N)cc(CS(C)=O)c1. The molecule has 0 bridgehead atoms. The fourth-order valence-corrected chi connectivity index (χ4v) is 1.76. The number of ether oxygens (including phenoxy) is 1. The summed E-state index contributed by atoms with van der Waals surface area (Å²) in [6.45, 7) is 0. The Bertz CT molecular complexity index is 325. The van der Waals surface area contributed by atoms with E-state index in [0.717, 1.165) is 5.56 Å². The average molecular weight is 199 g/mol. The predicted octanol–water partition coefficient (Wildman–Crippen LogP) is 1.16. The number of nitrogens with two attached hydrogens (primary N) is 1. The highest BCUT2D eigenvalue weighted by Crippen LogP contribution is 2.19. The lowest BCUT2D eigenvalue weighted by Crippen LogP contribution is -1.96. The van der Waals surface area contributed by atoms with E-state index in [1.165, 1.54) is 0 Å². The number of rotatable bonds is 3. The molecule has 0 saturated carbocycles. The fraction of sp³-hybridized carbons (Fsp3) is 0.333. The molecule has 1 aromatic carbocycles. The zero-order chi connectivity index (χ0) is 9.84. The van der Waals surface area contributed by atoms with E-state index in [-0.39, 0.29) is 0 Å². The van der Waals surface area contributed by atoms with E-state index in [2.05, 4.69) is 0 Å². The summed E-state index contributed by atoms with van der Waals surface area (Å²) in [6, 6.07) is 5.39. The van der Waals surface area contributed by atoms with Gasteiger partial charge in [-0.15, -0.1) is 0 Å². The predicted molar refractivity (Wildman–Crippen MR) is 55.2 cm³/mol. The second kappa shape index (κ2) is 4.28. The van der Waals surface area contributed by atoms with Crippen LogP contribution in [0.5, 0.6) is 5.75 Å². The second-order valence-corrected chi connectivity index (χ2v) is 4.27. The first-order chi connectivity index (χ1) is 6.11. The Morgan fingerprint density at radius 3 is 2.69 bits per heavy atom. The molecular formula is C9H13NO2S. The zero-order valence-corrected chi connectivity index (χ0v) is 8.56. The number of methoxy groups -OCH3 is 1. The van der Waals surface area contributed by atoms with Crippen LogP contribution < -0.4 is 10.5 Å². The Balaban J connectivity index is 2.94. The third-order valence-electron chi connectivity index (χ3n) is 1.59. The Morgan fingerprint density at radius 2 is 2.15 bits per heavy atom. The minimum absolute atomic E-state index is 0.515. The van der Waals surface area contributed by atoms with Gasteiger partial charge in [0.2, 0.25) is 0 Å². The standard InChI is InChI=1S/C9H13NO2S/c1-12-9-4-7(6-13(2)11)3-8(10)5-9/h3-5H,6,10H2,1-2H3. The smallest absolute Gasteiger partial charge is 0.121 e. The molecule has 0 radical (unpaired) electrons. The van der Waals surface area contributed by atoms with Crippen LogP contribution in [0, 0.1) is 0 Å². The minimum Gasteiger partial charge on any atom is -0.497 e. The maximum absolute atomic E-state index is 11.0. The molecule has 0 aliphatic carbocycles. The van der Waals surface area contributed by atoms with Crippen molar-refractivity contribution in [2.24, 2.45) is 0 Å². The van der Waals surface area contributed by atoms with Gasteiger partial charge in [0.25, 0.3) is 0 Å². The van der Waals surface area contributed by atoms with E-state index in [0.29, 0.717) is 17.2 Å². The zero-order valence-electron chi connectivity index (χ0n) is 7.74. The van der Waals surface area contributed by atoms with Gasteiger partial charge < -0.3 is 10.5 Å². The van der Waals surface area contributed by atoms with Gasteiger partial charge in [0.05, 0.1) is 7.11 Å². The van der Waals surface area contributed by atoms with Crippen molar-refractivity contribution in [3.8, 4) is 5.75 Å². The normalized spacial score (nSPS) is 12.5. The van der Waals surface area contributed by atoms with Gasteiger partial charge >= 0.3 is 0 Å². The first-order valence-electron chi connectivity index (χ1n) is 3.85. The van der Waals surface area contributed by atoms with Crippen LogP contribution in [0.3, 0.4) is 0 Å².